The lowest BCUT2D eigenvalue weighted by Crippen LogP contribution is -2.56. The second-order valence-electron chi connectivity index (χ2n) is 8.90. The van der Waals surface area contributed by atoms with Crippen molar-refractivity contribution in [2.45, 2.75) is 57.7 Å². The van der Waals surface area contributed by atoms with E-state index in [1.807, 2.05) is 55.5 Å². The van der Waals surface area contributed by atoms with Crippen molar-refractivity contribution in [3.8, 4) is 0 Å². The summed E-state index contributed by atoms with van der Waals surface area (Å²) in [7, 11) is 0. The predicted molar refractivity (Wildman–Crippen MR) is 128 cm³/mol. The van der Waals surface area contributed by atoms with Gasteiger partial charge in [-0.2, -0.15) is 0 Å². The highest BCUT2D eigenvalue weighted by Gasteiger charge is 2.38. The van der Waals surface area contributed by atoms with E-state index in [2.05, 4.69) is 16.0 Å². The molecule has 5 N–H and O–H groups in total. The maximum absolute atomic E-state index is 13.2. The summed E-state index contributed by atoms with van der Waals surface area (Å²) in [5, 5.41) is 28.3. The highest BCUT2D eigenvalue weighted by atomic mass is 16.5. The molecule has 0 aromatic heterocycles. The molecule has 0 aliphatic heterocycles. The maximum Gasteiger partial charge on any atom is 0.341 e. The van der Waals surface area contributed by atoms with Crippen LogP contribution in [0.25, 0.3) is 5.57 Å². The number of carbonyl (C=O) groups excluding carboxylic acids is 3. The number of allylic oxidation sites excluding steroid dienone is 3. The van der Waals surface area contributed by atoms with Crippen molar-refractivity contribution in [3.05, 3.63) is 54.1 Å². The fourth-order valence-corrected chi connectivity index (χ4v) is 3.78. The Morgan fingerprint density at radius 2 is 1.91 bits per heavy atom. The van der Waals surface area contributed by atoms with Gasteiger partial charge in [0.15, 0.2) is 0 Å². The lowest BCUT2D eigenvalue weighted by molar-refractivity contribution is -0.136. The van der Waals surface area contributed by atoms with E-state index in [-0.39, 0.29) is 25.0 Å². The molecule has 184 valence electrons. The molecule has 2 aliphatic rings. The first kappa shape index (κ1) is 25.5. The molecule has 1 unspecified atom stereocenters. The number of nitrogens with one attached hydrogen (secondary N) is 3. The molecule has 1 saturated carbocycles. The largest absolute Gasteiger partial charge is 0.391 e. The zero-order chi connectivity index (χ0) is 24.7. The smallest absolute Gasteiger partial charge is 0.341 e. The third kappa shape index (κ3) is 6.45. The van der Waals surface area contributed by atoms with E-state index >= 15 is 0 Å². The highest BCUT2D eigenvalue weighted by Crippen LogP contribution is 2.36. The van der Waals surface area contributed by atoms with Crippen LogP contribution in [-0.4, -0.2) is 64.5 Å². The van der Waals surface area contributed by atoms with Crippen LogP contribution in [-0.2, 0) is 9.59 Å². The monoisotopic (exact) mass is 470 g/mol. The van der Waals surface area contributed by atoms with Gasteiger partial charge in [-0.3, -0.25) is 14.8 Å². The van der Waals surface area contributed by atoms with Crippen LogP contribution in [0, 0.1) is 5.41 Å². The Kier molecular flexibility index (Phi) is 8.46. The minimum atomic E-state index is -1.17. The normalized spacial score (nSPS) is 21.1. The average Bonchev–Trinajstić information content (AvgIpc) is 3.66. The summed E-state index contributed by atoms with van der Waals surface area (Å²) in [6.07, 6.45) is 7.44. The quantitative estimate of drug-likeness (QED) is 0.264. The molecule has 0 radical (unpaired) electrons. The van der Waals surface area contributed by atoms with Crippen LogP contribution in [0.5, 0.6) is 0 Å². The maximum atomic E-state index is 13.2. The average molecular weight is 471 g/mol. The Balaban J connectivity index is 1.55. The fraction of sp³-hybridized carbons (Fsp3) is 0.480. The van der Waals surface area contributed by atoms with Crippen molar-refractivity contribution < 1.29 is 24.7 Å². The van der Waals surface area contributed by atoms with Gasteiger partial charge in [0.25, 0.3) is 0 Å². The van der Waals surface area contributed by atoms with Gasteiger partial charge in [-0.05, 0) is 43.7 Å². The van der Waals surface area contributed by atoms with Crippen LogP contribution >= 0.6 is 0 Å². The van der Waals surface area contributed by atoms with Crippen molar-refractivity contribution in [2.75, 3.05) is 13.1 Å². The first-order chi connectivity index (χ1) is 16.3. The fourth-order valence-electron chi connectivity index (χ4n) is 3.78. The number of nitrogens with zero attached hydrogens (tertiary/aromatic N) is 1. The Bertz CT molecular complexity index is 942. The molecule has 3 rings (SSSR count). The number of rotatable bonds is 10. The third-order valence-corrected chi connectivity index (χ3v) is 6.27. The molecule has 1 aromatic carbocycles. The molecule has 1 fully saturated rings. The van der Waals surface area contributed by atoms with Crippen molar-refractivity contribution in [1.82, 2.24) is 21.0 Å². The standard InChI is InChI=1S/C25H34N4O5/c1-3-25(13-11-19(12-14-25)18-7-5-4-6-8-18)23(32)28-21(17(2)30)22(31)26-15-16-29(34)24(33)27-20-9-10-20/h4-8,11-13,17,20-21,30,34H,3,9-10,14-16H2,1-2H3,(H,26,31)(H,27,33)(H,28,32)/t17-,21+,25?/m1/s1. The number of benzene rings is 1. The van der Waals surface area contributed by atoms with Gasteiger partial charge in [0.05, 0.1) is 18.1 Å². The van der Waals surface area contributed by atoms with Gasteiger partial charge in [0, 0.05) is 12.6 Å². The molecule has 2 aliphatic carbocycles. The van der Waals surface area contributed by atoms with E-state index in [9.17, 15) is 24.7 Å². The van der Waals surface area contributed by atoms with Gasteiger partial charge in [-0.1, -0.05) is 55.5 Å². The first-order valence-electron chi connectivity index (χ1n) is 11.7. The third-order valence-electron chi connectivity index (χ3n) is 6.27. The molecule has 34 heavy (non-hydrogen) atoms. The molecule has 4 amide bonds. The first-order valence-corrected chi connectivity index (χ1v) is 11.7. The molecule has 3 atom stereocenters. The van der Waals surface area contributed by atoms with Crippen LogP contribution in [0.15, 0.2) is 48.6 Å². The minimum absolute atomic E-state index is 0.0332. The molecule has 9 nitrogen and oxygen atoms in total. The number of hydroxylamine groups is 2. The van der Waals surface area contributed by atoms with Crippen LogP contribution < -0.4 is 16.0 Å². The van der Waals surface area contributed by atoms with Gasteiger partial charge in [-0.25, -0.2) is 9.86 Å². The molecule has 0 heterocycles. The summed E-state index contributed by atoms with van der Waals surface area (Å²) in [6.45, 7) is 3.17. The van der Waals surface area contributed by atoms with Crippen LogP contribution in [0.3, 0.4) is 0 Å². The second kappa shape index (κ2) is 11.3. The summed E-state index contributed by atoms with van der Waals surface area (Å²) in [6, 6.07) is 8.19. The van der Waals surface area contributed by atoms with E-state index in [4.69, 9.17) is 0 Å². The van der Waals surface area contributed by atoms with E-state index < -0.39 is 29.5 Å². The molecular weight excluding hydrogens is 436 g/mol. The lowest BCUT2D eigenvalue weighted by atomic mass is 9.76. The Labute approximate surface area is 199 Å². The number of aliphatic hydroxyl groups excluding tert-OH is 1. The van der Waals surface area contributed by atoms with E-state index in [0.29, 0.717) is 17.9 Å². The van der Waals surface area contributed by atoms with Crippen molar-refractivity contribution >= 4 is 23.4 Å². The summed E-state index contributed by atoms with van der Waals surface area (Å²) in [4.78, 5) is 37.6. The molecular formula is C25H34N4O5. The summed E-state index contributed by atoms with van der Waals surface area (Å²) < 4.78 is 0. The van der Waals surface area contributed by atoms with Gasteiger partial charge in [0.1, 0.15) is 6.04 Å². The van der Waals surface area contributed by atoms with Crippen LogP contribution in [0.4, 0.5) is 4.79 Å². The minimum Gasteiger partial charge on any atom is -0.391 e. The van der Waals surface area contributed by atoms with E-state index in [1.165, 1.54) is 6.92 Å². The van der Waals surface area contributed by atoms with Gasteiger partial charge < -0.3 is 21.1 Å². The number of aliphatic hydroxyl groups is 1. The zero-order valence-corrected chi connectivity index (χ0v) is 19.7. The number of hydrogen-bond donors (Lipinski definition) is 5. The number of hydrogen-bond acceptors (Lipinski definition) is 5. The van der Waals surface area contributed by atoms with Gasteiger partial charge in [-0.15, -0.1) is 0 Å². The molecule has 0 bridgehead atoms. The van der Waals surface area contributed by atoms with Crippen LogP contribution in [0.1, 0.15) is 45.1 Å². The van der Waals surface area contributed by atoms with E-state index in [1.54, 1.807) is 0 Å². The topological polar surface area (TPSA) is 131 Å². The SMILES string of the molecule is CCC1(C(=O)N[C@H](C(=O)NCCN(O)C(=O)NC2CC2)[C@@H](C)O)C=CC(c2ccccc2)=CC1. The number of carbonyl (C=O) groups is 3. The predicted octanol–water partition coefficient (Wildman–Crippen LogP) is 1.97. The van der Waals surface area contributed by atoms with E-state index in [0.717, 1.165) is 24.0 Å². The Morgan fingerprint density at radius 3 is 2.47 bits per heavy atom. The molecule has 9 heteroatoms. The van der Waals surface area contributed by atoms with Crippen molar-refractivity contribution in [2.24, 2.45) is 5.41 Å². The Morgan fingerprint density at radius 1 is 1.21 bits per heavy atom. The van der Waals surface area contributed by atoms with Gasteiger partial charge in [0.2, 0.25) is 11.8 Å². The van der Waals surface area contributed by atoms with Crippen molar-refractivity contribution in [3.63, 3.8) is 0 Å². The van der Waals surface area contributed by atoms with Crippen LogP contribution in [0.2, 0.25) is 0 Å². The number of amides is 4. The summed E-state index contributed by atoms with van der Waals surface area (Å²) in [5.41, 5.74) is 1.27. The summed E-state index contributed by atoms with van der Waals surface area (Å²) in [5.74, 6) is -0.936. The Hall–Kier alpha value is -3.17. The lowest BCUT2D eigenvalue weighted by Gasteiger charge is -2.32. The number of urea groups is 1. The zero-order valence-electron chi connectivity index (χ0n) is 19.7. The van der Waals surface area contributed by atoms with Crippen molar-refractivity contribution in [1.29, 1.82) is 0 Å². The molecule has 1 aromatic rings. The summed E-state index contributed by atoms with van der Waals surface area (Å²) >= 11 is 0. The highest BCUT2D eigenvalue weighted by molar-refractivity contribution is 5.93. The van der Waals surface area contributed by atoms with Gasteiger partial charge >= 0.3 is 6.03 Å². The molecule has 0 spiro atoms. The second-order valence-corrected chi connectivity index (χ2v) is 8.90. The molecule has 0 saturated heterocycles.